The van der Waals surface area contributed by atoms with Gasteiger partial charge in [0.2, 0.25) is 0 Å². The van der Waals surface area contributed by atoms with E-state index in [9.17, 15) is 9.59 Å². The van der Waals surface area contributed by atoms with Gasteiger partial charge in [0.15, 0.2) is 0 Å². The van der Waals surface area contributed by atoms with Crippen molar-refractivity contribution < 1.29 is 14.3 Å². The predicted octanol–water partition coefficient (Wildman–Crippen LogP) is 3.11. The molecule has 1 unspecified atom stereocenters. The third-order valence-corrected chi connectivity index (χ3v) is 3.15. The van der Waals surface area contributed by atoms with Crippen LogP contribution in [0.4, 0.5) is 4.79 Å². The number of fused-ring (bicyclic) bond motifs is 1. The number of ether oxygens (including phenoxy) is 1. The van der Waals surface area contributed by atoms with E-state index in [0.29, 0.717) is 11.8 Å². The molecule has 2 aromatic rings. The first-order valence-corrected chi connectivity index (χ1v) is 6.79. The third kappa shape index (κ3) is 3.42. The number of benzene rings is 1. The highest BCUT2D eigenvalue weighted by molar-refractivity contribution is 5.83. The molecule has 5 heteroatoms. The number of carbonyl (C=O) groups is 2. The summed E-state index contributed by atoms with van der Waals surface area (Å²) in [5.74, 6) is 0. The van der Waals surface area contributed by atoms with Crippen molar-refractivity contribution in [2.45, 2.75) is 38.8 Å². The smallest absolute Gasteiger partial charge is 0.408 e. The zero-order valence-corrected chi connectivity index (χ0v) is 12.7. The topological polar surface area (TPSA) is 71.2 Å². The van der Waals surface area contributed by atoms with Crippen molar-refractivity contribution in [3.63, 3.8) is 0 Å². The van der Waals surface area contributed by atoms with E-state index in [4.69, 9.17) is 4.74 Å². The standard InChI is InChI=1S/C16H20N2O3/c1-15(2,3)21-14(20)18-16(4,10-19)12-5-6-13-11(9-12)7-8-17-13/h5-10,17H,1-4H3,(H,18,20). The van der Waals surface area contributed by atoms with Crippen molar-refractivity contribution in [2.75, 3.05) is 0 Å². The lowest BCUT2D eigenvalue weighted by molar-refractivity contribution is -0.113. The number of aldehydes is 1. The van der Waals surface area contributed by atoms with E-state index >= 15 is 0 Å². The number of rotatable bonds is 3. The molecular formula is C16H20N2O3. The molecule has 1 atom stereocenters. The monoisotopic (exact) mass is 288 g/mol. The van der Waals surface area contributed by atoms with E-state index < -0.39 is 17.2 Å². The van der Waals surface area contributed by atoms with Crippen LogP contribution in [0.1, 0.15) is 33.3 Å². The molecule has 1 amide bonds. The summed E-state index contributed by atoms with van der Waals surface area (Å²) < 4.78 is 5.21. The summed E-state index contributed by atoms with van der Waals surface area (Å²) in [4.78, 5) is 26.5. The van der Waals surface area contributed by atoms with Crippen LogP contribution in [-0.2, 0) is 15.1 Å². The molecule has 0 spiro atoms. The number of aromatic amines is 1. The van der Waals surface area contributed by atoms with Crippen LogP contribution in [0.3, 0.4) is 0 Å². The lowest BCUT2D eigenvalue weighted by Gasteiger charge is -2.28. The van der Waals surface area contributed by atoms with Crippen LogP contribution >= 0.6 is 0 Å². The minimum Gasteiger partial charge on any atom is -0.444 e. The second kappa shape index (κ2) is 5.24. The Hall–Kier alpha value is -2.30. The summed E-state index contributed by atoms with van der Waals surface area (Å²) in [7, 11) is 0. The van der Waals surface area contributed by atoms with E-state index in [-0.39, 0.29) is 0 Å². The average Bonchev–Trinajstić information content (AvgIpc) is 2.83. The van der Waals surface area contributed by atoms with Crippen molar-refractivity contribution in [3.05, 3.63) is 36.0 Å². The SMILES string of the molecule is CC(C)(C)OC(=O)NC(C)(C=O)c1ccc2[nH]ccc2c1. The zero-order valence-electron chi connectivity index (χ0n) is 12.7. The number of H-pyrrole nitrogens is 1. The number of hydrogen-bond donors (Lipinski definition) is 2. The van der Waals surface area contributed by atoms with E-state index in [1.807, 2.05) is 30.5 Å². The van der Waals surface area contributed by atoms with Gasteiger partial charge in [-0.15, -0.1) is 0 Å². The lowest BCUT2D eigenvalue weighted by atomic mass is 9.93. The molecule has 0 aliphatic rings. The van der Waals surface area contributed by atoms with Crippen LogP contribution in [0.15, 0.2) is 30.5 Å². The summed E-state index contributed by atoms with van der Waals surface area (Å²) in [6.45, 7) is 6.97. The summed E-state index contributed by atoms with van der Waals surface area (Å²) >= 11 is 0. The Labute approximate surface area is 123 Å². The van der Waals surface area contributed by atoms with Gasteiger partial charge >= 0.3 is 6.09 Å². The Bertz CT molecular complexity index is 669. The fourth-order valence-electron chi connectivity index (χ4n) is 2.06. The molecule has 5 nitrogen and oxygen atoms in total. The minimum absolute atomic E-state index is 0.613. The summed E-state index contributed by atoms with van der Waals surface area (Å²) in [6, 6.07) is 7.48. The highest BCUT2D eigenvalue weighted by Gasteiger charge is 2.30. The molecule has 0 saturated carbocycles. The van der Waals surface area contributed by atoms with Gasteiger partial charge in [0.05, 0.1) is 0 Å². The Morgan fingerprint density at radius 1 is 1.24 bits per heavy atom. The number of alkyl carbamates (subject to hydrolysis) is 1. The molecule has 0 fully saturated rings. The molecular weight excluding hydrogens is 268 g/mol. The van der Waals surface area contributed by atoms with Gasteiger partial charge in [-0.1, -0.05) is 6.07 Å². The van der Waals surface area contributed by atoms with Crippen LogP contribution in [-0.4, -0.2) is 23.0 Å². The maximum absolute atomic E-state index is 11.9. The molecule has 112 valence electrons. The van der Waals surface area contributed by atoms with Gasteiger partial charge in [0.25, 0.3) is 0 Å². The van der Waals surface area contributed by atoms with Crippen LogP contribution in [0.5, 0.6) is 0 Å². The highest BCUT2D eigenvalue weighted by Crippen LogP contribution is 2.23. The van der Waals surface area contributed by atoms with Gasteiger partial charge in [-0.3, -0.25) is 0 Å². The van der Waals surface area contributed by atoms with Gasteiger partial charge in [-0.2, -0.15) is 0 Å². The van der Waals surface area contributed by atoms with Gasteiger partial charge in [-0.25, -0.2) is 4.79 Å². The summed E-state index contributed by atoms with van der Waals surface area (Å²) in [6.07, 6.45) is 1.92. The van der Waals surface area contributed by atoms with E-state index in [1.165, 1.54) is 0 Å². The van der Waals surface area contributed by atoms with Gasteiger partial charge in [0, 0.05) is 11.7 Å². The molecule has 0 aliphatic heterocycles. The highest BCUT2D eigenvalue weighted by atomic mass is 16.6. The molecule has 0 bridgehead atoms. The fourth-order valence-corrected chi connectivity index (χ4v) is 2.06. The first-order valence-electron chi connectivity index (χ1n) is 6.79. The van der Waals surface area contributed by atoms with E-state index in [2.05, 4.69) is 10.3 Å². The second-order valence-electron chi connectivity index (χ2n) is 6.23. The van der Waals surface area contributed by atoms with E-state index in [0.717, 1.165) is 10.9 Å². The second-order valence-corrected chi connectivity index (χ2v) is 6.23. The first kappa shape index (κ1) is 15.1. The summed E-state index contributed by atoms with van der Waals surface area (Å²) in [5, 5.41) is 3.61. The van der Waals surface area contributed by atoms with Crippen molar-refractivity contribution in [1.29, 1.82) is 0 Å². The molecule has 0 saturated heterocycles. The van der Waals surface area contributed by atoms with Gasteiger partial charge in [-0.05, 0) is 56.8 Å². The van der Waals surface area contributed by atoms with E-state index in [1.54, 1.807) is 27.7 Å². The van der Waals surface area contributed by atoms with Crippen LogP contribution < -0.4 is 5.32 Å². The third-order valence-electron chi connectivity index (χ3n) is 3.15. The Balaban J connectivity index is 2.27. The van der Waals surface area contributed by atoms with Crippen molar-refractivity contribution >= 4 is 23.3 Å². The molecule has 1 aromatic carbocycles. The maximum Gasteiger partial charge on any atom is 0.408 e. The largest absolute Gasteiger partial charge is 0.444 e. The molecule has 2 N–H and O–H groups in total. The molecule has 1 aromatic heterocycles. The Morgan fingerprint density at radius 2 is 1.95 bits per heavy atom. The molecule has 1 heterocycles. The Morgan fingerprint density at radius 3 is 2.57 bits per heavy atom. The Kier molecular flexibility index (Phi) is 3.77. The molecule has 0 radical (unpaired) electrons. The summed E-state index contributed by atoms with van der Waals surface area (Å²) in [5.41, 5.74) is -0.0635. The molecule has 21 heavy (non-hydrogen) atoms. The molecule has 2 rings (SSSR count). The quantitative estimate of drug-likeness (QED) is 0.852. The van der Waals surface area contributed by atoms with Crippen LogP contribution in [0.25, 0.3) is 10.9 Å². The lowest BCUT2D eigenvalue weighted by Crippen LogP contribution is -2.46. The number of amides is 1. The van der Waals surface area contributed by atoms with Crippen LogP contribution in [0.2, 0.25) is 0 Å². The maximum atomic E-state index is 11.9. The first-order chi connectivity index (χ1) is 9.73. The zero-order chi connectivity index (χ0) is 15.7. The van der Waals surface area contributed by atoms with Crippen molar-refractivity contribution in [1.82, 2.24) is 10.3 Å². The molecule has 0 aliphatic carbocycles. The average molecular weight is 288 g/mol. The van der Waals surface area contributed by atoms with Crippen LogP contribution in [0, 0.1) is 0 Å². The number of hydrogen-bond acceptors (Lipinski definition) is 3. The normalized spacial score (nSPS) is 14.5. The fraction of sp³-hybridized carbons (Fsp3) is 0.375. The number of nitrogens with one attached hydrogen (secondary N) is 2. The van der Waals surface area contributed by atoms with Gasteiger partial charge in [0.1, 0.15) is 17.4 Å². The number of carbonyl (C=O) groups excluding carboxylic acids is 2. The van der Waals surface area contributed by atoms with Crippen molar-refractivity contribution in [3.8, 4) is 0 Å². The number of aromatic nitrogens is 1. The predicted molar refractivity (Wildman–Crippen MR) is 81.1 cm³/mol. The van der Waals surface area contributed by atoms with Crippen molar-refractivity contribution in [2.24, 2.45) is 0 Å². The van der Waals surface area contributed by atoms with Gasteiger partial charge < -0.3 is 19.8 Å². The minimum atomic E-state index is -1.13.